The molecule has 1 saturated heterocycles. The van der Waals surface area contributed by atoms with Crippen molar-refractivity contribution in [2.24, 2.45) is 12.0 Å². The summed E-state index contributed by atoms with van der Waals surface area (Å²) in [6.07, 6.45) is 1.91. The number of halogens is 1. The van der Waals surface area contributed by atoms with Crippen LogP contribution in [0, 0.1) is 12.7 Å². The number of fused-ring (bicyclic) bond motifs is 1. The van der Waals surface area contributed by atoms with Crippen molar-refractivity contribution in [3.05, 3.63) is 46.8 Å². The topological polar surface area (TPSA) is 70.8 Å². The third kappa shape index (κ3) is 5.59. The summed E-state index contributed by atoms with van der Waals surface area (Å²) in [5.41, 5.74) is 2.25. The normalized spacial score (nSPS) is 17.6. The number of hydrogen-bond acceptors (Lipinski definition) is 5. The molecule has 8 nitrogen and oxygen atoms in total. The van der Waals surface area contributed by atoms with Crippen molar-refractivity contribution >= 4 is 5.96 Å². The molecule has 1 fully saturated rings. The standard InChI is InChI=1S/C22H32FN7O/c1-17-26-27-21(28(17)2)15-25-22(24-7-3-8-29-10-12-31-13-11-29)30-9-6-18-4-5-20(23)14-19(18)16-30/h4-5,14H,3,6-13,15-16H2,1-2H3,(H,24,25). The van der Waals surface area contributed by atoms with E-state index in [4.69, 9.17) is 9.73 Å². The van der Waals surface area contributed by atoms with Crippen LogP contribution in [0.1, 0.15) is 29.2 Å². The summed E-state index contributed by atoms with van der Waals surface area (Å²) in [7, 11) is 1.95. The first-order chi connectivity index (χ1) is 15.1. The predicted octanol–water partition coefficient (Wildman–Crippen LogP) is 1.49. The second kappa shape index (κ2) is 10.2. The zero-order valence-electron chi connectivity index (χ0n) is 18.5. The van der Waals surface area contributed by atoms with Gasteiger partial charge in [0.2, 0.25) is 0 Å². The lowest BCUT2D eigenvalue weighted by atomic mass is 10.00. The maximum atomic E-state index is 13.8. The van der Waals surface area contributed by atoms with Crippen molar-refractivity contribution in [1.82, 2.24) is 29.9 Å². The largest absolute Gasteiger partial charge is 0.379 e. The van der Waals surface area contributed by atoms with Crippen LogP contribution in [0.5, 0.6) is 0 Å². The van der Waals surface area contributed by atoms with E-state index in [0.29, 0.717) is 13.1 Å². The molecule has 2 aliphatic rings. The van der Waals surface area contributed by atoms with Gasteiger partial charge in [-0.3, -0.25) is 4.90 Å². The molecule has 4 rings (SSSR count). The van der Waals surface area contributed by atoms with Crippen molar-refractivity contribution in [1.29, 1.82) is 0 Å². The maximum Gasteiger partial charge on any atom is 0.194 e. The van der Waals surface area contributed by atoms with Gasteiger partial charge in [-0.1, -0.05) is 6.07 Å². The smallest absolute Gasteiger partial charge is 0.194 e. The van der Waals surface area contributed by atoms with Crippen LogP contribution in [0.25, 0.3) is 0 Å². The molecule has 0 aliphatic carbocycles. The minimum atomic E-state index is -0.188. The number of nitrogens with one attached hydrogen (secondary N) is 1. The summed E-state index contributed by atoms with van der Waals surface area (Å²) >= 11 is 0. The Bertz CT molecular complexity index is 907. The number of guanidine groups is 1. The van der Waals surface area contributed by atoms with Gasteiger partial charge in [-0.25, -0.2) is 9.38 Å². The first-order valence-corrected chi connectivity index (χ1v) is 11.1. The van der Waals surface area contributed by atoms with Gasteiger partial charge in [-0.05, 0) is 49.6 Å². The Morgan fingerprint density at radius 2 is 2.03 bits per heavy atom. The van der Waals surface area contributed by atoms with Crippen LogP contribution in [0.3, 0.4) is 0 Å². The van der Waals surface area contributed by atoms with Crippen LogP contribution >= 0.6 is 0 Å². The molecule has 1 aromatic carbocycles. The fourth-order valence-electron chi connectivity index (χ4n) is 4.04. The SMILES string of the molecule is Cc1nnc(CN=C(NCCCN2CCOCC2)N2CCc3ccc(F)cc3C2)n1C. The average molecular weight is 430 g/mol. The van der Waals surface area contributed by atoms with E-state index in [1.54, 1.807) is 12.1 Å². The molecular formula is C22H32FN7O. The van der Waals surface area contributed by atoms with E-state index in [2.05, 4.69) is 25.3 Å². The van der Waals surface area contributed by atoms with Gasteiger partial charge in [-0.15, -0.1) is 10.2 Å². The summed E-state index contributed by atoms with van der Waals surface area (Å²) in [5, 5.41) is 11.9. The highest BCUT2D eigenvalue weighted by Crippen LogP contribution is 2.20. The van der Waals surface area contributed by atoms with Crippen molar-refractivity contribution in [2.75, 3.05) is 45.9 Å². The maximum absolute atomic E-state index is 13.8. The molecular weight excluding hydrogens is 397 g/mol. The number of aryl methyl sites for hydroxylation is 1. The van der Waals surface area contributed by atoms with Crippen LogP contribution in [0.15, 0.2) is 23.2 Å². The number of morpholine rings is 1. The van der Waals surface area contributed by atoms with Crippen molar-refractivity contribution in [2.45, 2.75) is 32.9 Å². The Morgan fingerprint density at radius 3 is 2.81 bits per heavy atom. The number of aromatic nitrogens is 3. The molecule has 0 amide bonds. The Kier molecular flexibility index (Phi) is 7.14. The van der Waals surface area contributed by atoms with E-state index >= 15 is 0 Å². The summed E-state index contributed by atoms with van der Waals surface area (Å²) in [6, 6.07) is 5.09. The van der Waals surface area contributed by atoms with Crippen molar-refractivity contribution < 1.29 is 9.13 Å². The molecule has 0 unspecified atom stereocenters. The zero-order chi connectivity index (χ0) is 21.6. The molecule has 2 aliphatic heterocycles. The first kappa shape index (κ1) is 21.7. The molecule has 2 aromatic rings. The molecule has 0 spiro atoms. The highest BCUT2D eigenvalue weighted by Gasteiger charge is 2.20. The van der Waals surface area contributed by atoms with Gasteiger partial charge in [0.15, 0.2) is 11.8 Å². The predicted molar refractivity (Wildman–Crippen MR) is 117 cm³/mol. The summed E-state index contributed by atoms with van der Waals surface area (Å²) in [4.78, 5) is 9.50. The first-order valence-electron chi connectivity index (χ1n) is 11.1. The minimum Gasteiger partial charge on any atom is -0.379 e. The second-order valence-corrected chi connectivity index (χ2v) is 8.18. The van der Waals surface area contributed by atoms with Gasteiger partial charge >= 0.3 is 0 Å². The summed E-state index contributed by atoms with van der Waals surface area (Å²) in [6.45, 7) is 9.41. The Hall–Kier alpha value is -2.52. The molecule has 3 heterocycles. The summed E-state index contributed by atoms with van der Waals surface area (Å²) < 4.78 is 21.2. The number of rotatable bonds is 6. The van der Waals surface area contributed by atoms with E-state index in [9.17, 15) is 4.39 Å². The Balaban J connectivity index is 1.41. The third-order valence-electron chi connectivity index (χ3n) is 6.07. The minimum absolute atomic E-state index is 0.188. The monoisotopic (exact) mass is 429 g/mol. The molecule has 1 aromatic heterocycles. The van der Waals surface area contributed by atoms with Gasteiger partial charge in [0.25, 0.3) is 0 Å². The number of nitrogens with zero attached hydrogens (tertiary/aromatic N) is 6. The molecule has 1 N–H and O–H groups in total. The molecule has 168 valence electrons. The fraction of sp³-hybridized carbons (Fsp3) is 0.591. The molecule has 0 bridgehead atoms. The number of hydrogen-bond donors (Lipinski definition) is 1. The Morgan fingerprint density at radius 1 is 1.19 bits per heavy atom. The van der Waals surface area contributed by atoms with E-state index < -0.39 is 0 Å². The van der Waals surface area contributed by atoms with Crippen LogP contribution in [-0.4, -0.2) is 76.5 Å². The van der Waals surface area contributed by atoms with Gasteiger partial charge in [0, 0.05) is 39.8 Å². The molecule has 0 atom stereocenters. The van der Waals surface area contributed by atoms with Crippen LogP contribution < -0.4 is 5.32 Å². The van der Waals surface area contributed by atoms with Gasteiger partial charge < -0.3 is 19.5 Å². The quantitative estimate of drug-likeness (QED) is 0.426. The van der Waals surface area contributed by atoms with Crippen LogP contribution in [0.4, 0.5) is 4.39 Å². The van der Waals surface area contributed by atoms with Gasteiger partial charge in [0.05, 0.1) is 13.2 Å². The second-order valence-electron chi connectivity index (χ2n) is 8.18. The fourth-order valence-corrected chi connectivity index (χ4v) is 4.04. The molecule has 0 radical (unpaired) electrons. The highest BCUT2D eigenvalue weighted by atomic mass is 19.1. The van der Waals surface area contributed by atoms with E-state index in [-0.39, 0.29) is 5.82 Å². The van der Waals surface area contributed by atoms with E-state index in [0.717, 1.165) is 82.0 Å². The van der Waals surface area contributed by atoms with Crippen LogP contribution in [0.2, 0.25) is 0 Å². The Labute approximate surface area is 183 Å². The van der Waals surface area contributed by atoms with Crippen molar-refractivity contribution in [3.8, 4) is 0 Å². The lowest BCUT2D eigenvalue weighted by molar-refractivity contribution is 0.0375. The number of ether oxygens (including phenoxy) is 1. The van der Waals surface area contributed by atoms with Gasteiger partial charge in [0.1, 0.15) is 18.2 Å². The van der Waals surface area contributed by atoms with Crippen LogP contribution in [-0.2, 0) is 31.3 Å². The molecule has 9 heteroatoms. The number of benzene rings is 1. The lowest BCUT2D eigenvalue weighted by Gasteiger charge is -2.32. The zero-order valence-corrected chi connectivity index (χ0v) is 18.5. The summed E-state index contributed by atoms with van der Waals surface area (Å²) in [5.74, 6) is 2.35. The van der Waals surface area contributed by atoms with Gasteiger partial charge in [-0.2, -0.15) is 0 Å². The lowest BCUT2D eigenvalue weighted by Crippen LogP contribution is -2.45. The highest BCUT2D eigenvalue weighted by molar-refractivity contribution is 5.80. The average Bonchev–Trinajstić information content (AvgIpc) is 3.11. The molecule has 31 heavy (non-hydrogen) atoms. The third-order valence-corrected chi connectivity index (χ3v) is 6.07. The van der Waals surface area contributed by atoms with Crippen molar-refractivity contribution in [3.63, 3.8) is 0 Å². The van der Waals surface area contributed by atoms with E-state index in [1.807, 2.05) is 24.6 Å². The molecule has 0 saturated carbocycles. The number of aliphatic imine (C=N–C) groups is 1. The van der Waals surface area contributed by atoms with E-state index in [1.165, 1.54) is 5.56 Å².